The first-order valence-corrected chi connectivity index (χ1v) is 6.00. The fraction of sp³-hybridized carbons (Fsp3) is 0.0714. The molecule has 2 rings (SSSR count). The van der Waals surface area contributed by atoms with E-state index < -0.39 is 0 Å². The minimum atomic E-state index is 0.364. The lowest BCUT2D eigenvalue weighted by Gasteiger charge is -2.08. The number of pyridine rings is 1. The van der Waals surface area contributed by atoms with E-state index in [1.54, 1.807) is 18.3 Å². The van der Waals surface area contributed by atoms with E-state index in [4.69, 9.17) is 11.0 Å². The van der Waals surface area contributed by atoms with Gasteiger partial charge in [0.05, 0.1) is 12.2 Å². The predicted octanol–water partition coefficient (Wildman–Crippen LogP) is 1.70. The van der Waals surface area contributed by atoms with Gasteiger partial charge >= 0.3 is 0 Å². The average Bonchev–Trinajstić information content (AvgIpc) is 2.48. The molecular formula is C14H14N6. The van der Waals surface area contributed by atoms with Crippen molar-refractivity contribution in [3.05, 3.63) is 54.4 Å². The number of nitriles is 1. The van der Waals surface area contributed by atoms with Crippen LogP contribution in [-0.4, -0.2) is 10.9 Å². The van der Waals surface area contributed by atoms with Gasteiger partial charge in [0, 0.05) is 17.6 Å². The van der Waals surface area contributed by atoms with Gasteiger partial charge in [-0.3, -0.25) is 10.3 Å². The van der Waals surface area contributed by atoms with Crippen molar-refractivity contribution in [2.75, 3.05) is 11.1 Å². The van der Waals surface area contributed by atoms with Gasteiger partial charge in [0.25, 0.3) is 0 Å². The van der Waals surface area contributed by atoms with Crippen LogP contribution < -0.4 is 16.4 Å². The summed E-state index contributed by atoms with van der Waals surface area (Å²) >= 11 is 0. The molecule has 6 heteroatoms. The lowest BCUT2D eigenvalue weighted by atomic mass is 10.3. The van der Waals surface area contributed by atoms with Crippen molar-refractivity contribution < 1.29 is 0 Å². The molecule has 0 saturated carbocycles. The van der Waals surface area contributed by atoms with E-state index in [0.29, 0.717) is 18.2 Å². The fourth-order valence-corrected chi connectivity index (χ4v) is 1.52. The third-order valence-corrected chi connectivity index (χ3v) is 2.47. The van der Waals surface area contributed by atoms with Crippen LogP contribution in [0.1, 0.15) is 5.69 Å². The van der Waals surface area contributed by atoms with Crippen LogP contribution in [0.25, 0.3) is 0 Å². The summed E-state index contributed by atoms with van der Waals surface area (Å²) in [6.07, 6.45) is 3.55. The largest absolute Gasteiger partial charge is 0.399 e. The van der Waals surface area contributed by atoms with Crippen LogP contribution in [0.5, 0.6) is 0 Å². The highest BCUT2D eigenvalue weighted by atomic mass is 15.2. The van der Waals surface area contributed by atoms with Gasteiger partial charge in [-0.2, -0.15) is 5.26 Å². The van der Waals surface area contributed by atoms with Gasteiger partial charge < -0.3 is 11.1 Å². The van der Waals surface area contributed by atoms with Gasteiger partial charge in [-0.15, -0.1) is 0 Å². The summed E-state index contributed by atoms with van der Waals surface area (Å²) in [7, 11) is 0. The second-order valence-corrected chi connectivity index (χ2v) is 3.97. The molecule has 1 aromatic carbocycles. The van der Waals surface area contributed by atoms with E-state index in [-0.39, 0.29) is 0 Å². The lowest BCUT2D eigenvalue weighted by Crippen LogP contribution is -2.26. The van der Waals surface area contributed by atoms with Crippen LogP contribution in [0.2, 0.25) is 0 Å². The molecule has 0 unspecified atom stereocenters. The summed E-state index contributed by atoms with van der Waals surface area (Å²) in [4.78, 5) is 8.45. The van der Waals surface area contributed by atoms with Crippen molar-refractivity contribution in [2.24, 2.45) is 4.99 Å². The quantitative estimate of drug-likeness (QED) is 0.258. The molecular weight excluding hydrogens is 252 g/mol. The molecule has 20 heavy (non-hydrogen) atoms. The smallest absolute Gasteiger partial charge is 0.209 e. The zero-order valence-electron chi connectivity index (χ0n) is 10.7. The molecule has 0 bridgehead atoms. The van der Waals surface area contributed by atoms with Crippen LogP contribution in [0, 0.1) is 11.5 Å². The Labute approximate surface area is 117 Å². The number of anilines is 2. The molecule has 100 valence electrons. The Morgan fingerprint density at radius 3 is 2.70 bits per heavy atom. The highest BCUT2D eigenvalue weighted by Crippen LogP contribution is 2.10. The molecule has 2 aromatic rings. The molecule has 1 aromatic heterocycles. The number of hydrogen-bond donors (Lipinski definition) is 3. The van der Waals surface area contributed by atoms with Crippen molar-refractivity contribution >= 4 is 17.3 Å². The van der Waals surface area contributed by atoms with Gasteiger partial charge in [0.2, 0.25) is 5.96 Å². The Morgan fingerprint density at radius 1 is 1.25 bits per heavy atom. The first-order valence-electron chi connectivity index (χ1n) is 6.00. The van der Waals surface area contributed by atoms with Crippen LogP contribution in [-0.2, 0) is 6.54 Å². The number of benzene rings is 1. The number of aromatic nitrogens is 1. The second kappa shape index (κ2) is 6.75. The zero-order valence-corrected chi connectivity index (χ0v) is 10.7. The summed E-state index contributed by atoms with van der Waals surface area (Å²) < 4.78 is 0. The number of nitrogen functional groups attached to an aromatic ring is 1. The van der Waals surface area contributed by atoms with Crippen LogP contribution in [0.15, 0.2) is 53.7 Å². The fourth-order valence-electron chi connectivity index (χ4n) is 1.52. The van der Waals surface area contributed by atoms with E-state index in [9.17, 15) is 0 Å². The molecule has 0 fully saturated rings. The van der Waals surface area contributed by atoms with E-state index in [0.717, 1.165) is 11.4 Å². The van der Waals surface area contributed by atoms with Gasteiger partial charge in [0.15, 0.2) is 6.19 Å². The lowest BCUT2D eigenvalue weighted by molar-refractivity contribution is 0.975. The summed E-state index contributed by atoms with van der Waals surface area (Å²) in [5.41, 5.74) is 7.91. The average molecular weight is 266 g/mol. The SMILES string of the molecule is N#CNC(=NCc1ccccn1)Nc1ccc(N)cc1. The summed E-state index contributed by atoms with van der Waals surface area (Å²) in [5.74, 6) is 0.364. The topological polar surface area (TPSA) is 99.1 Å². The van der Waals surface area contributed by atoms with Crippen LogP contribution in [0.4, 0.5) is 11.4 Å². The third kappa shape index (κ3) is 3.99. The second-order valence-electron chi connectivity index (χ2n) is 3.97. The number of nitrogens with one attached hydrogen (secondary N) is 2. The highest BCUT2D eigenvalue weighted by molar-refractivity contribution is 5.94. The minimum Gasteiger partial charge on any atom is -0.399 e. The molecule has 0 radical (unpaired) electrons. The van der Waals surface area contributed by atoms with Crippen molar-refractivity contribution in [3.63, 3.8) is 0 Å². The molecule has 0 aliphatic heterocycles. The number of nitrogens with zero attached hydrogens (tertiary/aromatic N) is 3. The molecule has 0 atom stereocenters. The first-order chi connectivity index (χ1) is 9.78. The number of rotatable bonds is 3. The van der Waals surface area contributed by atoms with E-state index in [2.05, 4.69) is 20.6 Å². The van der Waals surface area contributed by atoms with Gasteiger partial charge in [0.1, 0.15) is 0 Å². The monoisotopic (exact) mass is 266 g/mol. The molecule has 0 amide bonds. The Hall–Kier alpha value is -3.07. The summed E-state index contributed by atoms with van der Waals surface area (Å²) in [6.45, 7) is 0.382. The zero-order chi connectivity index (χ0) is 14.2. The number of guanidine groups is 1. The van der Waals surface area contributed by atoms with Gasteiger partial charge in [-0.1, -0.05) is 6.07 Å². The maximum absolute atomic E-state index is 8.74. The molecule has 0 saturated heterocycles. The van der Waals surface area contributed by atoms with Crippen molar-refractivity contribution in [1.82, 2.24) is 10.3 Å². The number of aliphatic imine (C=N–C) groups is 1. The molecule has 1 heterocycles. The molecule has 4 N–H and O–H groups in total. The first kappa shape index (κ1) is 13.4. The Kier molecular flexibility index (Phi) is 4.51. The van der Waals surface area contributed by atoms with Crippen molar-refractivity contribution in [1.29, 1.82) is 5.26 Å². The van der Waals surface area contributed by atoms with Crippen LogP contribution >= 0.6 is 0 Å². The van der Waals surface area contributed by atoms with Crippen molar-refractivity contribution in [2.45, 2.75) is 6.54 Å². The Bertz CT molecular complexity index is 612. The third-order valence-electron chi connectivity index (χ3n) is 2.47. The molecule has 0 spiro atoms. The van der Waals surface area contributed by atoms with E-state index in [1.165, 1.54) is 0 Å². The number of nitrogens with two attached hydrogens (primary N) is 1. The molecule has 0 aliphatic carbocycles. The summed E-state index contributed by atoms with van der Waals surface area (Å²) in [6, 6.07) is 12.8. The van der Waals surface area contributed by atoms with Crippen molar-refractivity contribution in [3.8, 4) is 6.19 Å². The van der Waals surface area contributed by atoms with Gasteiger partial charge in [-0.05, 0) is 36.4 Å². The molecule has 6 nitrogen and oxygen atoms in total. The van der Waals surface area contributed by atoms with E-state index in [1.807, 2.05) is 36.5 Å². The van der Waals surface area contributed by atoms with E-state index >= 15 is 0 Å². The predicted molar refractivity (Wildman–Crippen MR) is 78.6 cm³/mol. The number of hydrogen-bond acceptors (Lipinski definition) is 4. The normalized spacial score (nSPS) is 10.7. The van der Waals surface area contributed by atoms with Crippen LogP contribution in [0.3, 0.4) is 0 Å². The summed E-state index contributed by atoms with van der Waals surface area (Å²) in [5, 5.41) is 14.3. The van der Waals surface area contributed by atoms with Gasteiger partial charge in [-0.25, -0.2) is 4.99 Å². The maximum atomic E-state index is 8.74. The Balaban J connectivity index is 2.06. The minimum absolute atomic E-state index is 0.364. The Morgan fingerprint density at radius 2 is 2.05 bits per heavy atom. The maximum Gasteiger partial charge on any atom is 0.209 e. The highest BCUT2D eigenvalue weighted by Gasteiger charge is 2.00. The molecule has 0 aliphatic rings. The standard InChI is InChI=1S/C14H14N6/c15-10-19-14(18-9-13-3-1-2-8-17-13)20-12-6-4-11(16)5-7-12/h1-8H,9,16H2,(H2,18,19,20).